The van der Waals surface area contributed by atoms with E-state index in [1.807, 2.05) is 0 Å². The molecule has 0 unspecified atom stereocenters. The molecule has 11 heavy (non-hydrogen) atoms. The van der Waals surface area contributed by atoms with Gasteiger partial charge in [-0.15, -0.1) is 0 Å². The van der Waals surface area contributed by atoms with Crippen molar-refractivity contribution in [1.82, 2.24) is 0 Å². The Morgan fingerprint density at radius 3 is 2.64 bits per heavy atom. The summed E-state index contributed by atoms with van der Waals surface area (Å²) in [5.74, 6) is -0.360. The van der Waals surface area contributed by atoms with Gasteiger partial charge in [-0.05, 0) is 6.92 Å². The maximum absolute atomic E-state index is 10.7. The lowest BCUT2D eigenvalue weighted by atomic mass is 10.4. The molecule has 0 rings (SSSR count). The number of esters is 1. The number of rotatable bonds is 5. The van der Waals surface area contributed by atoms with Crippen LogP contribution >= 0.6 is 0 Å². The van der Waals surface area contributed by atoms with Crippen molar-refractivity contribution < 1.29 is 14.3 Å². The maximum Gasteiger partial charge on any atom is 0.322 e. The van der Waals surface area contributed by atoms with Gasteiger partial charge in [-0.1, -0.05) is 0 Å². The van der Waals surface area contributed by atoms with Gasteiger partial charge in [0.2, 0.25) is 0 Å². The second-order valence-corrected chi connectivity index (χ2v) is 2.30. The highest BCUT2D eigenvalue weighted by Crippen LogP contribution is 1.87. The Labute approximate surface area is 66.7 Å². The Morgan fingerprint density at radius 1 is 1.55 bits per heavy atom. The molecule has 0 aliphatic heterocycles. The summed E-state index contributed by atoms with van der Waals surface area (Å²) in [5.41, 5.74) is 5.24. The number of carbonyl (C=O) groups is 1. The van der Waals surface area contributed by atoms with Crippen molar-refractivity contribution in [2.75, 3.05) is 20.3 Å². The molecule has 0 aliphatic rings. The predicted molar refractivity (Wildman–Crippen MR) is 41.1 cm³/mol. The summed E-state index contributed by atoms with van der Waals surface area (Å²) in [5, 5.41) is 0. The molecule has 0 spiro atoms. The van der Waals surface area contributed by atoms with Gasteiger partial charge in [-0.3, -0.25) is 4.79 Å². The Balaban J connectivity index is 3.18. The first-order valence-corrected chi connectivity index (χ1v) is 3.59. The van der Waals surface area contributed by atoms with Gasteiger partial charge in [0, 0.05) is 20.1 Å². The molecule has 0 aliphatic carbocycles. The van der Waals surface area contributed by atoms with Crippen LogP contribution in [-0.2, 0) is 14.3 Å². The van der Waals surface area contributed by atoms with Crippen LogP contribution in [0.15, 0.2) is 0 Å². The molecule has 0 saturated heterocycles. The molecule has 4 nitrogen and oxygen atoms in total. The Bertz CT molecular complexity index is 114. The summed E-state index contributed by atoms with van der Waals surface area (Å²) in [6, 6.07) is -0.530. The summed E-state index contributed by atoms with van der Waals surface area (Å²) in [7, 11) is 1.60. The Morgan fingerprint density at radius 2 is 2.18 bits per heavy atom. The third-order valence-electron chi connectivity index (χ3n) is 1.11. The van der Waals surface area contributed by atoms with Crippen molar-refractivity contribution in [3.05, 3.63) is 0 Å². The lowest BCUT2D eigenvalue weighted by molar-refractivity contribution is -0.145. The largest absolute Gasteiger partial charge is 0.464 e. The van der Waals surface area contributed by atoms with E-state index in [0.717, 1.165) is 6.42 Å². The third-order valence-corrected chi connectivity index (χ3v) is 1.11. The maximum atomic E-state index is 10.7. The fourth-order valence-corrected chi connectivity index (χ4v) is 0.507. The van der Waals surface area contributed by atoms with Crippen LogP contribution in [0.3, 0.4) is 0 Å². The Hall–Kier alpha value is -0.610. The number of ether oxygens (including phenoxy) is 2. The summed E-state index contributed by atoms with van der Waals surface area (Å²) >= 11 is 0. The number of hydrogen-bond donors (Lipinski definition) is 1. The van der Waals surface area contributed by atoms with Crippen molar-refractivity contribution in [2.24, 2.45) is 5.73 Å². The van der Waals surface area contributed by atoms with E-state index in [1.54, 1.807) is 14.0 Å². The van der Waals surface area contributed by atoms with Crippen LogP contribution in [-0.4, -0.2) is 32.3 Å². The molecule has 0 aromatic rings. The highest BCUT2D eigenvalue weighted by atomic mass is 16.5. The second kappa shape index (κ2) is 6.12. The van der Waals surface area contributed by atoms with Crippen LogP contribution in [0.25, 0.3) is 0 Å². The predicted octanol–water partition coefficient (Wildman–Crippen LogP) is -0.0867. The molecule has 1 atom stereocenters. The van der Waals surface area contributed by atoms with Crippen molar-refractivity contribution in [1.29, 1.82) is 0 Å². The molecule has 0 aromatic heterocycles. The molecule has 0 amide bonds. The van der Waals surface area contributed by atoms with E-state index in [1.165, 1.54) is 0 Å². The van der Waals surface area contributed by atoms with Gasteiger partial charge in [0.15, 0.2) is 0 Å². The zero-order chi connectivity index (χ0) is 8.69. The zero-order valence-electron chi connectivity index (χ0n) is 7.00. The average molecular weight is 161 g/mol. The molecule has 0 heterocycles. The first kappa shape index (κ1) is 10.4. The highest BCUT2D eigenvalue weighted by molar-refractivity contribution is 5.74. The first-order valence-electron chi connectivity index (χ1n) is 3.59. The molecule has 0 radical (unpaired) electrons. The van der Waals surface area contributed by atoms with Crippen LogP contribution in [0.2, 0.25) is 0 Å². The monoisotopic (exact) mass is 161 g/mol. The number of methoxy groups -OCH3 is 1. The smallest absolute Gasteiger partial charge is 0.322 e. The van der Waals surface area contributed by atoms with Crippen molar-refractivity contribution >= 4 is 5.97 Å². The van der Waals surface area contributed by atoms with Gasteiger partial charge >= 0.3 is 5.97 Å². The van der Waals surface area contributed by atoms with Gasteiger partial charge in [0.25, 0.3) is 0 Å². The third kappa shape index (κ3) is 5.82. The van der Waals surface area contributed by atoms with E-state index in [4.69, 9.17) is 15.2 Å². The lowest BCUT2D eigenvalue weighted by Gasteiger charge is -2.05. The molecule has 66 valence electrons. The molecule has 0 fully saturated rings. The summed E-state index contributed by atoms with van der Waals surface area (Å²) in [6.45, 7) is 2.58. The van der Waals surface area contributed by atoms with Crippen molar-refractivity contribution in [3.8, 4) is 0 Å². The quantitative estimate of drug-likeness (QED) is 0.452. The molecule has 4 heteroatoms. The Kier molecular flexibility index (Phi) is 5.78. The fourth-order valence-electron chi connectivity index (χ4n) is 0.507. The standard InChI is InChI=1S/C7H15NO3/c1-6(8)7(9)11-5-3-4-10-2/h6H,3-5,8H2,1-2H3/t6-/m0/s1. The average Bonchev–Trinajstić information content (AvgIpc) is 1.97. The van der Waals surface area contributed by atoms with Crippen LogP contribution < -0.4 is 5.73 Å². The van der Waals surface area contributed by atoms with Gasteiger partial charge in [0.1, 0.15) is 6.04 Å². The normalized spacial score (nSPS) is 12.6. The number of nitrogens with two attached hydrogens (primary N) is 1. The van der Waals surface area contributed by atoms with Gasteiger partial charge in [-0.25, -0.2) is 0 Å². The molecule has 0 aromatic carbocycles. The minimum atomic E-state index is -0.530. The number of carbonyl (C=O) groups excluding carboxylic acids is 1. The molecule has 0 saturated carbocycles. The first-order chi connectivity index (χ1) is 5.18. The van der Waals surface area contributed by atoms with Crippen LogP contribution in [0.5, 0.6) is 0 Å². The van der Waals surface area contributed by atoms with Gasteiger partial charge < -0.3 is 15.2 Å². The van der Waals surface area contributed by atoms with E-state index in [2.05, 4.69) is 0 Å². The van der Waals surface area contributed by atoms with Gasteiger partial charge in [-0.2, -0.15) is 0 Å². The summed E-state index contributed by atoms with van der Waals surface area (Å²) in [6.07, 6.45) is 0.717. The highest BCUT2D eigenvalue weighted by Gasteiger charge is 2.06. The minimum Gasteiger partial charge on any atom is -0.464 e. The van der Waals surface area contributed by atoms with E-state index >= 15 is 0 Å². The fraction of sp³-hybridized carbons (Fsp3) is 0.857. The van der Waals surface area contributed by atoms with E-state index in [0.29, 0.717) is 13.2 Å². The lowest BCUT2D eigenvalue weighted by Crippen LogP contribution is -2.29. The van der Waals surface area contributed by atoms with Crippen LogP contribution in [0.1, 0.15) is 13.3 Å². The van der Waals surface area contributed by atoms with Crippen molar-refractivity contribution in [3.63, 3.8) is 0 Å². The van der Waals surface area contributed by atoms with Crippen LogP contribution in [0.4, 0.5) is 0 Å². The van der Waals surface area contributed by atoms with E-state index in [-0.39, 0.29) is 5.97 Å². The van der Waals surface area contributed by atoms with Crippen molar-refractivity contribution in [2.45, 2.75) is 19.4 Å². The van der Waals surface area contributed by atoms with Gasteiger partial charge in [0.05, 0.1) is 6.61 Å². The van der Waals surface area contributed by atoms with E-state index < -0.39 is 6.04 Å². The number of hydrogen-bond acceptors (Lipinski definition) is 4. The molecule has 2 N–H and O–H groups in total. The topological polar surface area (TPSA) is 61.5 Å². The summed E-state index contributed by atoms with van der Waals surface area (Å²) < 4.78 is 9.52. The van der Waals surface area contributed by atoms with Crippen LogP contribution in [0, 0.1) is 0 Å². The van der Waals surface area contributed by atoms with E-state index in [9.17, 15) is 4.79 Å². The summed E-state index contributed by atoms with van der Waals surface area (Å²) in [4.78, 5) is 10.7. The molecule has 0 bridgehead atoms. The minimum absolute atomic E-state index is 0.360. The molecular weight excluding hydrogens is 146 g/mol. The SMILES string of the molecule is COCCCOC(=O)[C@H](C)N. The zero-order valence-corrected chi connectivity index (χ0v) is 7.00. The second-order valence-electron chi connectivity index (χ2n) is 2.30. The molecular formula is C7H15NO3.